The molecule has 6 heteroatoms. The van der Waals surface area contributed by atoms with Crippen LogP contribution in [0.2, 0.25) is 0 Å². The van der Waals surface area contributed by atoms with Gasteiger partial charge in [0, 0.05) is 12.3 Å². The van der Waals surface area contributed by atoms with Gasteiger partial charge in [-0.2, -0.15) is 0 Å². The summed E-state index contributed by atoms with van der Waals surface area (Å²) in [6, 6.07) is 16.3. The number of rotatable bonds is 10. The summed E-state index contributed by atoms with van der Waals surface area (Å²) in [5, 5.41) is 5.55. The summed E-state index contributed by atoms with van der Waals surface area (Å²) in [4.78, 5) is 37.1. The van der Waals surface area contributed by atoms with Crippen molar-refractivity contribution in [2.24, 2.45) is 17.6 Å². The number of hydrogen-bond acceptors (Lipinski definition) is 3. The number of nitrogens with one attached hydrogen (secondary N) is 2. The Labute approximate surface area is 184 Å². The number of benzene rings is 2. The summed E-state index contributed by atoms with van der Waals surface area (Å²) in [6.45, 7) is 7.33. The third kappa shape index (κ3) is 6.95. The van der Waals surface area contributed by atoms with Crippen LogP contribution in [0.15, 0.2) is 54.6 Å². The average molecular weight is 424 g/mol. The van der Waals surface area contributed by atoms with Crippen molar-refractivity contribution in [2.45, 2.75) is 52.6 Å². The zero-order valence-electron chi connectivity index (χ0n) is 18.7. The number of primary amides is 1. The predicted molar refractivity (Wildman–Crippen MR) is 123 cm³/mol. The number of carbonyl (C=O) groups is 3. The number of hydrogen-bond donors (Lipinski definition) is 3. The summed E-state index contributed by atoms with van der Waals surface area (Å²) >= 11 is 0. The summed E-state index contributed by atoms with van der Waals surface area (Å²) in [5.74, 6) is -1.58. The van der Waals surface area contributed by atoms with Crippen LogP contribution >= 0.6 is 0 Å². The first-order valence-corrected chi connectivity index (χ1v) is 10.8. The highest BCUT2D eigenvalue weighted by atomic mass is 16.2. The van der Waals surface area contributed by atoms with Gasteiger partial charge in [-0.05, 0) is 22.6 Å². The Morgan fingerprint density at radius 3 is 1.94 bits per heavy atom. The van der Waals surface area contributed by atoms with E-state index in [9.17, 15) is 14.4 Å². The molecule has 3 amide bonds. The first-order chi connectivity index (χ1) is 14.7. The van der Waals surface area contributed by atoms with Gasteiger partial charge in [-0.1, -0.05) is 88.7 Å². The molecule has 2 aromatic rings. The molecule has 4 N–H and O–H groups in total. The summed E-state index contributed by atoms with van der Waals surface area (Å²) in [6.07, 6.45) is 1.00. The molecule has 0 saturated heterocycles. The fourth-order valence-electron chi connectivity index (χ4n) is 3.23. The van der Waals surface area contributed by atoms with E-state index in [1.165, 1.54) is 0 Å². The van der Waals surface area contributed by atoms with E-state index in [2.05, 4.69) is 10.6 Å². The highest BCUT2D eigenvalue weighted by molar-refractivity contribution is 5.92. The van der Waals surface area contributed by atoms with E-state index in [0.717, 1.165) is 16.7 Å². The van der Waals surface area contributed by atoms with Crippen molar-refractivity contribution in [3.05, 3.63) is 60.2 Å². The number of nitrogens with two attached hydrogens (primary N) is 1. The van der Waals surface area contributed by atoms with E-state index >= 15 is 0 Å². The lowest BCUT2D eigenvalue weighted by Gasteiger charge is -2.25. The SMILES string of the molecule is CCC(C)[C@H](NC(=O)[C@H](Cc1ccc(-c2ccccc2)cc1)NC(=O)C(C)C)C(N)=O. The molecule has 2 rings (SSSR count). The first kappa shape index (κ1) is 24.1. The molecule has 31 heavy (non-hydrogen) atoms. The number of carbonyl (C=O) groups excluding carboxylic acids is 3. The molecule has 0 heterocycles. The Bertz CT molecular complexity index is 879. The van der Waals surface area contributed by atoms with E-state index in [-0.39, 0.29) is 17.7 Å². The molecule has 2 aromatic carbocycles. The van der Waals surface area contributed by atoms with Crippen LogP contribution in [0.25, 0.3) is 11.1 Å². The summed E-state index contributed by atoms with van der Waals surface area (Å²) in [7, 11) is 0. The third-order valence-corrected chi connectivity index (χ3v) is 5.48. The van der Waals surface area contributed by atoms with Gasteiger partial charge in [-0.25, -0.2) is 0 Å². The highest BCUT2D eigenvalue weighted by Gasteiger charge is 2.29. The molecule has 1 unspecified atom stereocenters. The quantitative estimate of drug-likeness (QED) is 0.547. The van der Waals surface area contributed by atoms with E-state index < -0.39 is 23.9 Å². The second-order valence-electron chi connectivity index (χ2n) is 8.26. The zero-order valence-corrected chi connectivity index (χ0v) is 18.7. The summed E-state index contributed by atoms with van der Waals surface area (Å²) < 4.78 is 0. The van der Waals surface area contributed by atoms with Crippen molar-refractivity contribution in [2.75, 3.05) is 0 Å². The van der Waals surface area contributed by atoms with Crippen molar-refractivity contribution in [1.82, 2.24) is 10.6 Å². The molecule has 0 aliphatic carbocycles. The second kappa shape index (κ2) is 11.3. The van der Waals surface area contributed by atoms with Crippen LogP contribution in [-0.2, 0) is 20.8 Å². The van der Waals surface area contributed by atoms with Gasteiger partial charge in [0.25, 0.3) is 0 Å². The zero-order chi connectivity index (χ0) is 23.0. The number of amides is 3. The molecule has 3 atom stereocenters. The molecular formula is C25H33N3O3. The van der Waals surface area contributed by atoms with Gasteiger partial charge in [0.1, 0.15) is 12.1 Å². The standard InChI is InChI=1S/C25H33N3O3/c1-5-17(4)22(23(26)29)28-25(31)21(27-24(30)16(2)3)15-18-11-13-20(14-12-18)19-9-7-6-8-10-19/h6-14,16-17,21-22H,5,15H2,1-4H3,(H2,26,29)(H,27,30)(H,28,31)/t17?,21-,22-/m0/s1. The molecule has 166 valence electrons. The predicted octanol–water partition coefficient (Wildman–Crippen LogP) is 3.05. The van der Waals surface area contributed by atoms with Crippen LogP contribution < -0.4 is 16.4 Å². The molecule has 0 radical (unpaired) electrons. The lowest BCUT2D eigenvalue weighted by Crippen LogP contribution is -2.56. The minimum atomic E-state index is -0.802. The minimum Gasteiger partial charge on any atom is -0.368 e. The Morgan fingerprint density at radius 2 is 1.42 bits per heavy atom. The van der Waals surface area contributed by atoms with Gasteiger partial charge in [0.2, 0.25) is 17.7 Å². The van der Waals surface area contributed by atoms with E-state index in [4.69, 9.17) is 5.73 Å². The van der Waals surface area contributed by atoms with Gasteiger partial charge in [0.15, 0.2) is 0 Å². The Hall–Kier alpha value is -3.15. The van der Waals surface area contributed by atoms with Crippen LogP contribution in [-0.4, -0.2) is 29.8 Å². The average Bonchev–Trinajstić information content (AvgIpc) is 2.77. The van der Waals surface area contributed by atoms with Gasteiger partial charge in [-0.15, -0.1) is 0 Å². The van der Waals surface area contributed by atoms with Gasteiger partial charge < -0.3 is 16.4 Å². The van der Waals surface area contributed by atoms with Gasteiger partial charge in [0.05, 0.1) is 0 Å². The second-order valence-corrected chi connectivity index (χ2v) is 8.26. The smallest absolute Gasteiger partial charge is 0.243 e. The Balaban J connectivity index is 2.20. The molecule has 6 nitrogen and oxygen atoms in total. The monoisotopic (exact) mass is 423 g/mol. The van der Waals surface area contributed by atoms with Gasteiger partial charge in [-0.3, -0.25) is 14.4 Å². The molecular weight excluding hydrogens is 390 g/mol. The lowest BCUT2D eigenvalue weighted by atomic mass is 9.97. The van der Waals surface area contributed by atoms with Crippen molar-refractivity contribution >= 4 is 17.7 Å². The molecule has 0 aliphatic rings. The molecule has 0 aliphatic heterocycles. The summed E-state index contributed by atoms with van der Waals surface area (Å²) in [5.41, 5.74) is 8.58. The maximum atomic E-state index is 13.0. The van der Waals surface area contributed by atoms with Crippen molar-refractivity contribution in [3.8, 4) is 11.1 Å². The molecule has 0 fully saturated rings. The van der Waals surface area contributed by atoms with Crippen molar-refractivity contribution in [1.29, 1.82) is 0 Å². The van der Waals surface area contributed by atoms with Crippen LogP contribution in [0.4, 0.5) is 0 Å². The van der Waals surface area contributed by atoms with E-state index in [1.807, 2.05) is 68.4 Å². The minimum absolute atomic E-state index is 0.104. The molecule has 0 spiro atoms. The molecule has 0 bridgehead atoms. The lowest BCUT2D eigenvalue weighted by molar-refractivity contribution is -0.132. The molecule has 0 saturated carbocycles. The normalized spacial score (nSPS) is 13.8. The largest absolute Gasteiger partial charge is 0.368 e. The third-order valence-electron chi connectivity index (χ3n) is 5.48. The van der Waals surface area contributed by atoms with Gasteiger partial charge >= 0.3 is 0 Å². The fraction of sp³-hybridized carbons (Fsp3) is 0.400. The Kier molecular flexibility index (Phi) is 8.79. The maximum absolute atomic E-state index is 13.0. The van der Waals surface area contributed by atoms with Crippen LogP contribution in [0.5, 0.6) is 0 Å². The van der Waals surface area contributed by atoms with Crippen molar-refractivity contribution < 1.29 is 14.4 Å². The van der Waals surface area contributed by atoms with Crippen LogP contribution in [0, 0.1) is 11.8 Å². The Morgan fingerprint density at radius 1 is 0.839 bits per heavy atom. The maximum Gasteiger partial charge on any atom is 0.243 e. The topological polar surface area (TPSA) is 101 Å². The van der Waals surface area contributed by atoms with Crippen LogP contribution in [0.1, 0.15) is 39.7 Å². The van der Waals surface area contributed by atoms with Crippen molar-refractivity contribution in [3.63, 3.8) is 0 Å². The van der Waals surface area contributed by atoms with E-state index in [1.54, 1.807) is 13.8 Å². The van der Waals surface area contributed by atoms with E-state index in [0.29, 0.717) is 12.8 Å². The van der Waals surface area contributed by atoms with Crippen LogP contribution in [0.3, 0.4) is 0 Å². The fourth-order valence-corrected chi connectivity index (χ4v) is 3.23. The highest BCUT2D eigenvalue weighted by Crippen LogP contribution is 2.20. The first-order valence-electron chi connectivity index (χ1n) is 10.8. The molecule has 0 aromatic heterocycles.